The number of rotatable bonds is 8. The Bertz CT molecular complexity index is 1120. The van der Waals surface area contributed by atoms with E-state index in [9.17, 15) is 13.2 Å². The van der Waals surface area contributed by atoms with Gasteiger partial charge in [0.2, 0.25) is 0 Å². The molecule has 0 saturated heterocycles. The van der Waals surface area contributed by atoms with Crippen molar-refractivity contribution >= 4 is 21.6 Å². The van der Waals surface area contributed by atoms with E-state index in [0.717, 1.165) is 17.5 Å². The molecule has 0 aromatic heterocycles. The molecule has 0 saturated carbocycles. The molecule has 2 N–H and O–H groups in total. The van der Waals surface area contributed by atoms with Gasteiger partial charge < -0.3 is 5.32 Å². The van der Waals surface area contributed by atoms with Crippen LogP contribution in [0.3, 0.4) is 0 Å². The van der Waals surface area contributed by atoms with Gasteiger partial charge in [0.05, 0.1) is 22.2 Å². The largest absolute Gasteiger partial charge is 0.345 e. The molecule has 0 unspecified atom stereocenters. The molecule has 0 fully saturated rings. The van der Waals surface area contributed by atoms with Crippen molar-refractivity contribution in [1.29, 1.82) is 0 Å². The van der Waals surface area contributed by atoms with Crippen LogP contribution < -0.4 is 10.0 Å². The summed E-state index contributed by atoms with van der Waals surface area (Å²) in [5.41, 5.74) is 2.51. The molecule has 31 heavy (non-hydrogen) atoms. The normalized spacial score (nSPS) is 12.4. The minimum absolute atomic E-state index is 0.148. The van der Waals surface area contributed by atoms with Gasteiger partial charge in [-0.15, -0.1) is 0 Å². The zero-order valence-electron chi connectivity index (χ0n) is 18.0. The number of carbonyl (C=O) groups excluding carboxylic acids is 1. The van der Waals surface area contributed by atoms with E-state index in [1.165, 1.54) is 0 Å². The minimum Gasteiger partial charge on any atom is -0.345 e. The molecule has 5 nitrogen and oxygen atoms in total. The van der Waals surface area contributed by atoms with Gasteiger partial charge in [-0.3, -0.25) is 9.52 Å². The van der Waals surface area contributed by atoms with E-state index in [0.29, 0.717) is 5.92 Å². The maximum atomic E-state index is 13.2. The molecule has 3 aromatic carbocycles. The van der Waals surface area contributed by atoms with Crippen LogP contribution in [-0.2, 0) is 10.0 Å². The topological polar surface area (TPSA) is 75.3 Å². The van der Waals surface area contributed by atoms with E-state index in [1.54, 1.807) is 48.5 Å². The smallest absolute Gasteiger partial charge is 0.261 e. The molecule has 0 aliphatic carbocycles. The first-order valence-corrected chi connectivity index (χ1v) is 11.8. The summed E-state index contributed by atoms with van der Waals surface area (Å²) in [5, 5.41) is 3.08. The molecule has 0 heterocycles. The highest BCUT2D eigenvalue weighted by Gasteiger charge is 2.21. The molecular weight excluding hydrogens is 408 g/mol. The highest BCUT2D eigenvalue weighted by Crippen LogP contribution is 2.24. The Morgan fingerprint density at radius 3 is 2.13 bits per heavy atom. The van der Waals surface area contributed by atoms with Crippen LogP contribution in [0, 0.1) is 12.8 Å². The lowest BCUT2D eigenvalue weighted by Gasteiger charge is -2.22. The molecule has 0 spiro atoms. The third kappa shape index (κ3) is 5.95. The van der Waals surface area contributed by atoms with Crippen molar-refractivity contribution in [2.24, 2.45) is 5.92 Å². The molecule has 1 amide bonds. The number of amides is 1. The summed E-state index contributed by atoms with van der Waals surface area (Å²) in [7, 11) is -3.82. The quantitative estimate of drug-likeness (QED) is 0.502. The summed E-state index contributed by atoms with van der Waals surface area (Å²) in [6, 6.07) is 22.8. The van der Waals surface area contributed by atoms with Gasteiger partial charge in [0.25, 0.3) is 15.9 Å². The van der Waals surface area contributed by atoms with Crippen LogP contribution in [0.15, 0.2) is 83.8 Å². The van der Waals surface area contributed by atoms with Crippen molar-refractivity contribution in [2.45, 2.75) is 38.1 Å². The Morgan fingerprint density at radius 1 is 0.871 bits per heavy atom. The molecule has 0 bridgehead atoms. The second kappa shape index (κ2) is 9.79. The Balaban J connectivity index is 1.86. The van der Waals surface area contributed by atoms with Crippen LogP contribution in [0.1, 0.15) is 47.8 Å². The summed E-state index contributed by atoms with van der Waals surface area (Å²) < 4.78 is 28.2. The SMILES string of the molecule is Cc1ccc(S(=O)(=O)Nc2ccccc2C(=O)N[C@@H](CC(C)C)c2ccccc2)cc1. The van der Waals surface area contributed by atoms with Gasteiger partial charge in [0, 0.05) is 0 Å². The van der Waals surface area contributed by atoms with Crippen molar-refractivity contribution < 1.29 is 13.2 Å². The van der Waals surface area contributed by atoms with Crippen LogP contribution in [0.5, 0.6) is 0 Å². The lowest BCUT2D eigenvalue weighted by Crippen LogP contribution is -2.30. The number of hydrogen-bond acceptors (Lipinski definition) is 3. The number of sulfonamides is 1. The number of hydrogen-bond donors (Lipinski definition) is 2. The third-order valence-electron chi connectivity index (χ3n) is 4.96. The van der Waals surface area contributed by atoms with E-state index in [2.05, 4.69) is 23.9 Å². The minimum atomic E-state index is -3.82. The fourth-order valence-corrected chi connectivity index (χ4v) is 4.44. The summed E-state index contributed by atoms with van der Waals surface area (Å²) in [4.78, 5) is 13.3. The maximum absolute atomic E-state index is 13.2. The monoisotopic (exact) mass is 436 g/mol. The Labute approximate surface area is 184 Å². The average Bonchev–Trinajstić information content (AvgIpc) is 2.74. The molecule has 0 aliphatic heterocycles. The van der Waals surface area contributed by atoms with Crippen LogP contribution >= 0.6 is 0 Å². The van der Waals surface area contributed by atoms with Crippen LogP contribution in [0.25, 0.3) is 0 Å². The van der Waals surface area contributed by atoms with Gasteiger partial charge in [-0.1, -0.05) is 74.0 Å². The second-order valence-electron chi connectivity index (χ2n) is 8.03. The maximum Gasteiger partial charge on any atom is 0.261 e. The van der Waals surface area contributed by atoms with Crippen molar-refractivity contribution in [3.05, 3.63) is 95.6 Å². The van der Waals surface area contributed by atoms with Crippen LogP contribution in [-0.4, -0.2) is 14.3 Å². The lowest BCUT2D eigenvalue weighted by atomic mass is 9.96. The average molecular weight is 437 g/mol. The lowest BCUT2D eigenvalue weighted by molar-refractivity contribution is 0.0933. The standard InChI is InChI=1S/C25H28N2O3S/c1-18(2)17-24(20-9-5-4-6-10-20)26-25(28)22-11-7-8-12-23(22)27-31(29,30)21-15-13-19(3)14-16-21/h4-16,18,24,27H,17H2,1-3H3,(H,26,28)/t24-/m0/s1. The van der Waals surface area contributed by atoms with Crippen LogP contribution in [0.4, 0.5) is 5.69 Å². The van der Waals surface area contributed by atoms with Crippen molar-refractivity contribution in [3.8, 4) is 0 Å². The Hall–Kier alpha value is -3.12. The first-order chi connectivity index (χ1) is 14.8. The fourth-order valence-electron chi connectivity index (χ4n) is 3.36. The van der Waals surface area contributed by atoms with Gasteiger partial charge in [-0.25, -0.2) is 8.42 Å². The molecule has 3 rings (SSSR count). The second-order valence-corrected chi connectivity index (χ2v) is 9.71. The zero-order chi connectivity index (χ0) is 22.4. The van der Waals surface area contributed by atoms with Gasteiger partial charge in [-0.05, 0) is 49.1 Å². The number of anilines is 1. The molecule has 1 atom stereocenters. The third-order valence-corrected chi connectivity index (χ3v) is 6.34. The number of benzene rings is 3. The highest BCUT2D eigenvalue weighted by molar-refractivity contribution is 7.92. The summed E-state index contributed by atoms with van der Waals surface area (Å²) in [5.74, 6) is 0.0532. The predicted octanol–water partition coefficient (Wildman–Crippen LogP) is 5.31. The van der Waals surface area contributed by atoms with E-state index in [1.807, 2.05) is 37.3 Å². The predicted molar refractivity (Wildman–Crippen MR) is 125 cm³/mol. The molecule has 162 valence electrons. The molecule has 0 radical (unpaired) electrons. The Morgan fingerprint density at radius 2 is 1.48 bits per heavy atom. The van der Waals surface area contributed by atoms with E-state index < -0.39 is 10.0 Å². The number of carbonyl (C=O) groups is 1. The molecule has 0 aliphatic rings. The summed E-state index contributed by atoms with van der Waals surface area (Å²) >= 11 is 0. The number of para-hydroxylation sites is 1. The summed E-state index contributed by atoms with van der Waals surface area (Å²) in [6.07, 6.45) is 0.771. The van der Waals surface area contributed by atoms with Gasteiger partial charge in [-0.2, -0.15) is 0 Å². The highest BCUT2D eigenvalue weighted by atomic mass is 32.2. The zero-order valence-corrected chi connectivity index (χ0v) is 18.8. The van der Waals surface area contributed by atoms with Crippen LogP contribution in [0.2, 0.25) is 0 Å². The van der Waals surface area contributed by atoms with Crippen molar-refractivity contribution in [2.75, 3.05) is 4.72 Å². The van der Waals surface area contributed by atoms with E-state index in [4.69, 9.17) is 0 Å². The molecular formula is C25H28N2O3S. The summed E-state index contributed by atoms with van der Waals surface area (Å²) in [6.45, 7) is 6.10. The fraction of sp³-hybridized carbons (Fsp3) is 0.240. The van der Waals surface area contributed by atoms with Gasteiger partial charge >= 0.3 is 0 Å². The number of nitrogens with one attached hydrogen (secondary N) is 2. The molecule has 6 heteroatoms. The van der Waals surface area contributed by atoms with Crippen molar-refractivity contribution in [3.63, 3.8) is 0 Å². The van der Waals surface area contributed by atoms with Crippen molar-refractivity contribution in [1.82, 2.24) is 5.32 Å². The first kappa shape index (κ1) is 22.6. The molecule has 3 aromatic rings. The van der Waals surface area contributed by atoms with Gasteiger partial charge in [0.15, 0.2) is 0 Å². The van der Waals surface area contributed by atoms with Gasteiger partial charge in [0.1, 0.15) is 0 Å². The van der Waals surface area contributed by atoms with E-state index >= 15 is 0 Å². The first-order valence-electron chi connectivity index (χ1n) is 10.3. The Kier molecular flexibility index (Phi) is 7.13. The number of aryl methyl sites for hydroxylation is 1. The van der Waals surface area contributed by atoms with E-state index in [-0.39, 0.29) is 28.1 Å².